The van der Waals surface area contributed by atoms with E-state index in [4.69, 9.17) is 10.3 Å². The van der Waals surface area contributed by atoms with Gasteiger partial charge in [0, 0.05) is 11.5 Å². The van der Waals surface area contributed by atoms with E-state index in [9.17, 15) is 4.79 Å². The van der Waals surface area contributed by atoms with Gasteiger partial charge in [-0.25, -0.2) is 0 Å². The maximum atomic E-state index is 10.9. The molecule has 2 rings (SSSR count). The normalized spacial score (nSPS) is 32.3. The Hall–Kier alpha value is -1.26. The van der Waals surface area contributed by atoms with Crippen LogP contribution in [0.3, 0.4) is 0 Å². The Balaban J connectivity index is 1.90. The van der Waals surface area contributed by atoms with E-state index in [0.29, 0.717) is 19.5 Å². The van der Waals surface area contributed by atoms with Crippen molar-refractivity contribution in [3.63, 3.8) is 0 Å². The summed E-state index contributed by atoms with van der Waals surface area (Å²) in [6, 6.07) is 0. The van der Waals surface area contributed by atoms with Crippen molar-refractivity contribution in [2.75, 3.05) is 13.1 Å². The number of hydrogen-bond donors (Lipinski definition) is 0. The number of amides is 1. The van der Waals surface area contributed by atoms with Crippen molar-refractivity contribution in [3.8, 4) is 0 Å². The fraction of sp³-hybridized carbons (Fsp3) is 0.833. The van der Waals surface area contributed by atoms with E-state index in [1.165, 1.54) is 0 Å². The number of β-lactam (4-membered cyclic amide) rings is 1. The van der Waals surface area contributed by atoms with Gasteiger partial charge in [0.25, 0.3) is 0 Å². The van der Waals surface area contributed by atoms with Crippen LogP contribution in [0, 0.1) is 0 Å². The minimum atomic E-state index is -0.0997. The molecular weight excluding hydrogens is 160 g/mol. The van der Waals surface area contributed by atoms with Gasteiger partial charge in [-0.3, -0.25) is 4.79 Å². The number of carbonyl (C=O) groups is 1. The summed E-state index contributed by atoms with van der Waals surface area (Å²) in [6.45, 7) is 0.888. The van der Waals surface area contributed by atoms with Gasteiger partial charge in [0.1, 0.15) is 6.23 Å². The SMILES string of the molecule is [N-]=[N+]=NC[C@H]1CN2C(=O)C[C@@H]2O1. The highest BCUT2D eigenvalue weighted by atomic mass is 16.5. The fourth-order valence-electron chi connectivity index (χ4n) is 1.48. The Morgan fingerprint density at radius 2 is 2.67 bits per heavy atom. The van der Waals surface area contributed by atoms with E-state index in [1.54, 1.807) is 4.90 Å². The maximum Gasteiger partial charge on any atom is 0.229 e. The molecule has 1 amide bonds. The van der Waals surface area contributed by atoms with Crippen molar-refractivity contribution in [1.29, 1.82) is 0 Å². The average Bonchev–Trinajstić information content (AvgIpc) is 2.39. The first-order valence-corrected chi connectivity index (χ1v) is 3.77. The number of hydrogen-bond acceptors (Lipinski definition) is 3. The van der Waals surface area contributed by atoms with Crippen molar-refractivity contribution in [2.24, 2.45) is 5.11 Å². The Morgan fingerprint density at radius 3 is 3.25 bits per heavy atom. The summed E-state index contributed by atoms with van der Waals surface area (Å²) in [4.78, 5) is 15.2. The van der Waals surface area contributed by atoms with Gasteiger partial charge in [0.05, 0.1) is 19.1 Å². The highest BCUT2D eigenvalue weighted by molar-refractivity contribution is 5.82. The minimum Gasteiger partial charge on any atom is -0.353 e. The molecule has 0 saturated carbocycles. The molecule has 0 bridgehead atoms. The van der Waals surface area contributed by atoms with Crippen LogP contribution in [0.1, 0.15) is 6.42 Å². The largest absolute Gasteiger partial charge is 0.353 e. The van der Waals surface area contributed by atoms with Gasteiger partial charge in [-0.15, -0.1) is 0 Å². The lowest BCUT2D eigenvalue weighted by Gasteiger charge is -2.31. The van der Waals surface area contributed by atoms with Crippen molar-refractivity contribution >= 4 is 5.91 Å². The van der Waals surface area contributed by atoms with Crippen LogP contribution in [0.25, 0.3) is 10.4 Å². The molecule has 2 saturated heterocycles. The Morgan fingerprint density at radius 1 is 1.83 bits per heavy atom. The Bertz CT molecular complexity index is 260. The lowest BCUT2D eigenvalue weighted by atomic mass is 10.2. The molecule has 2 atom stereocenters. The van der Waals surface area contributed by atoms with Gasteiger partial charge in [-0.05, 0) is 5.53 Å². The zero-order valence-corrected chi connectivity index (χ0v) is 6.38. The molecule has 2 aliphatic heterocycles. The molecule has 0 aromatic heterocycles. The molecule has 0 unspecified atom stereocenters. The van der Waals surface area contributed by atoms with Crippen molar-refractivity contribution in [1.82, 2.24) is 4.90 Å². The third-order valence-electron chi connectivity index (χ3n) is 2.12. The number of fused-ring (bicyclic) bond motifs is 1. The first-order valence-electron chi connectivity index (χ1n) is 3.77. The van der Waals surface area contributed by atoms with Gasteiger partial charge < -0.3 is 9.64 Å². The zero-order chi connectivity index (χ0) is 8.55. The number of carbonyl (C=O) groups excluding carboxylic acids is 1. The van der Waals surface area contributed by atoms with Crippen LogP contribution in [0.2, 0.25) is 0 Å². The van der Waals surface area contributed by atoms with Gasteiger partial charge >= 0.3 is 0 Å². The lowest BCUT2D eigenvalue weighted by molar-refractivity contribution is -0.156. The van der Waals surface area contributed by atoms with Gasteiger partial charge in [0.15, 0.2) is 0 Å². The van der Waals surface area contributed by atoms with Crippen LogP contribution in [-0.4, -0.2) is 36.2 Å². The van der Waals surface area contributed by atoms with E-state index < -0.39 is 0 Å². The molecule has 2 fully saturated rings. The van der Waals surface area contributed by atoms with Crippen LogP contribution >= 0.6 is 0 Å². The molecule has 0 spiro atoms. The Kier molecular flexibility index (Phi) is 1.64. The molecule has 0 aromatic rings. The molecule has 2 aliphatic rings. The van der Waals surface area contributed by atoms with Crippen molar-refractivity contribution in [3.05, 3.63) is 10.4 Å². The molecule has 0 radical (unpaired) electrons. The van der Waals surface area contributed by atoms with Gasteiger partial charge in [0.2, 0.25) is 5.91 Å². The highest BCUT2D eigenvalue weighted by Gasteiger charge is 2.44. The second-order valence-electron chi connectivity index (χ2n) is 2.88. The second kappa shape index (κ2) is 2.66. The van der Waals surface area contributed by atoms with Crippen LogP contribution in [0.4, 0.5) is 0 Å². The summed E-state index contributed by atoms with van der Waals surface area (Å²) in [5, 5.41) is 3.39. The molecule has 0 aromatic carbocycles. The van der Waals surface area contributed by atoms with Crippen LogP contribution in [0.15, 0.2) is 5.11 Å². The average molecular weight is 168 g/mol. The number of nitrogens with zero attached hydrogens (tertiary/aromatic N) is 4. The van der Waals surface area contributed by atoms with Crippen molar-refractivity contribution < 1.29 is 9.53 Å². The number of rotatable bonds is 2. The van der Waals surface area contributed by atoms with E-state index in [0.717, 1.165) is 0 Å². The molecule has 6 heteroatoms. The molecule has 12 heavy (non-hydrogen) atoms. The third kappa shape index (κ3) is 1.01. The quantitative estimate of drug-likeness (QED) is 0.256. The summed E-state index contributed by atoms with van der Waals surface area (Å²) in [5.74, 6) is 0.128. The number of azide groups is 1. The summed E-state index contributed by atoms with van der Waals surface area (Å²) in [7, 11) is 0. The molecule has 0 N–H and O–H groups in total. The molecule has 64 valence electrons. The maximum absolute atomic E-state index is 10.9. The van der Waals surface area contributed by atoms with Gasteiger partial charge in [-0.1, -0.05) is 5.11 Å². The first-order chi connectivity index (χ1) is 5.81. The summed E-state index contributed by atoms with van der Waals surface area (Å²) in [6.07, 6.45) is 0.334. The summed E-state index contributed by atoms with van der Waals surface area (Å²) < 4.78 is 5.37. The summed E-state index contributed by atoms with van der Waals surface area (Å²) >= 11 is 0. The van der Waals surface area contributed by atoms with Crippen molar-refractivity contribution in [2.45, 2.75) is 18.8 Å². The zero-order valence-electron chi connectivity index (χ0n) is 6.38. The lowest BCUT2D eigenvalue weighted by Crippen LogP contribution is -2.48. The van der Waals surface area contributed by atoms with E-state index in [-0.39, 0.29) is 18.2 Å². The molecule has 2 heterocycles. The van der Waals surface area contributed by atoms with E-state index in [1.807, 2.05) is 0 Å². The monoisotopic (exact) mass is 168 g/mol. The smallest absolute Gasteiger partial charge is 0.229 e. The minimum absolute atomic E-state index is 0.0450. The fourth-order valence-corrected chi connectivity index (χ4v) is 1.48. The predicted molar refractivity (Wildman–Crippen MR) is 39.0 cm³/mol. The second-order valence-corrected chi connectivity index (χ2v) is 2.88. The Labute approximate surface area is 68.7 Å². The third-order valence-corrected chi connectivity index (χ3v) is 2.12. The number of ether oxygens (including phenoxy) is 1. The van der Waals surface area contributed by atoms with E-state index >= 15 is 0 Å². The predicted octanol–water partition coefficient (Wildman–Crippen LogP) is 0.254. The van der Waals surface area contributed by atoms with Crippen LogP contribution < -0.4 is 0 Å². The van der Waals surface area contributed by atoms with Crippen LogP contribution in [-0.2, 0) is 9.53 Å². The molecule has 6 nitrogen and oxygen atoms in total. The summed E-state index contributed by atoms with van der Waals surface area (Å²) in [5.41, 5.74) is 8.05. The first kappa shape index (κ1) is 7.39. The van der Waals surface area contributed by atoms with Crippen LogP contribution in [0.5, 0.6) is 0 Å². The standard InChI is InChI=1S/C6H8N4O2/c7-9-8-2-4-3-10-5(11)1-6(10)12-4/h4,6H,1-3H2/t4-,6-/m0/s1. The van der Waals surface area contributed by atoms with Gasteiger partial charge in [-0.2, -0.15) is 0 Å². The topological polar surface area (TPSA) is 78.3 Å². The highest BCUT2D eigenvalue weighted by Crippen LogP contribution is 2.28. The van der Waals surface area contributed by atoms with E-state index in [2.05, 4.69) is 10.0 Å². The molecular formula is C6H8N4O2. The molecule has 0 aliphatic carbocycles.